The normalized spacial score (nSPS) is 11.0. The third-order valence-electron chi connectivity index (χ3n) is 5.47. The van der Waals surface area contributed by atoms with Crippen LogP contribution in [0.5, 0.6) is 11.5 Å². The number of carbonyl (C=O) groups is 1. The van der Waals surface area contributed by atoms with E-state index in [0.29, 0.717) is 59.6 Å². The van der Waals surface area contributed by atoms with Crippen LogP contribution in [0.25, 0.3) is 5.65 Å². The second kappa shape index (κ2) is 10.1. The van der Waals surface area contributed by atoms with Gasteiger partial charge in [0.1, 0.15) is 23.8 Å². The van der Waals surface area contributed by atoms with Gasteiger partial charge in [0.2, 0.25) is 0 Å². The number of Topliss-reactive ketones (excluding diaryl/α,β-unsaturated/α-hetero) is 1. The van der Waals surface area contributed by atoms with Gasteiger partial charge in [-0.15, -0.1) is 16.8 Å². The summed E-state index contributed by atoms with van der Waals surface area (Å²) in [4.78, 5) is 29.3. The monoisotopic (exact) mass is 460 g/mol. The number of hydrogen-bond acceptors (Lipinski definition) is 8. The minimum absolute atomic E-state index is 0.109. The molecule has 0 radical (unpaired) electrons. The van der Waals surface area contributed by atoms with E-state index in [-0.39, 0.29) is 29.3 Å². The molecule has 174 valence electrons. The molecule has 0 aliphatic heterocycles. The summed E-state index contributed by atoms with van der Waals surface area (Å²) in [7, 11) is 0. The molecule has 10 nitrogen and oxygen atoms in total. The minimum Gasteiger partial charge on any atom is -0.507 e. The molecule has 0 atom stereocenters. The molecule has 3 aromatic heterocycles. The first-order valence-corrected chi connectivity index (χ1v) is 10.8. The third kappa shape index (κ3) is 4.70. The smallest absolute Gasteiger partial charge is 0.261 e. The fourth-order valence-electron chi connectivity index (χ4n) is 3.75. The summed E-state index contributed by atoms with van der Waals surface area (Å²) >= 11 is 0. The largest absolute Gasteiger partial charge is 0.507 e. The van der Waals surface area contributed by atoms with Gasteiger partial charge in [-0.2, -0.15) is 5.21 Å². The molecule has 0 aliphatic carbocycles. The number of aromatic hydroxyl groups is 1. The first-order valence-electron chi connectivity index (χ1n) is 10.8. The summed E-state index contributed by atoms with van der Waals surface area (Å²) < 4.78 is 7.48. The number of aromatic amines is 1. The van der Waals surface area contributed by atoms with Crippen molar-refractivity contribution in [3.63, 3.8) is 0 Å². The second-order valence-electron chi connectivity index (χ2n) is 7.77. The summed E-state index contributed by atoms with van der Waals surface area (Å²) in [6, 6.07) is 6.78. The molecule has 34 heavy (non-hydrogen) atoms. The second-order valence-corrected chi connectivity index (χ2v) is 7.77. The van der Waals surface area contributed by atoms with E-state index in [1.807, 2.05) is 6.07 Å². The number of fused-ring (bicyclic) bond motifs is 1. The Balaban J connectivity index is 1.55. The van der Waals surface area contributed by atoms with Crippen LogP contribution in [-0.2, 0) is 25.9 Å². The van der Waals surface area contributed by atoms with Crippen molar-refractivity contribution in [3.05, 3.63) is 87.7 Å². The maximum Gasteiger partial charge on any atom is 0.261 e. The maximum atomic E-state index is 13.0. The van der Waals surface area contributed by atoms with E-state index in [2.05, 4.69) is 32.2 Å². The number of phenolic OH excluding ortho intramolecular Hbond substituents is 1. The molecule has 0 fully saturated rings. The molecule has 0 unspecified atom stereocenters. The third-order valence-corrected chi connectivity index (χ3v) is 5.47. The van der Waals surface area contributed by atoms with Gasteiger partial charge < -0.3 is 9.84 Å². The number of rotatable bonds is 10. The van der Waals surface area contributed by atoms with Crippen molar-refractivity contribution in [2.75, 3.05) is 0 Å². The Morgan fingerprint density at radius 2 is 2.12 bits per heavy atom. The van der Waals surface area contributed by atoms with Crippen LogP contribution in [0.2, 0.25) is 0 Å². The molecular formula is C24H24N6O4. The summed E-state index contributed by atoms with van der Waals surface area (Å²) in [5.41, 5.74) is 2.36. The van der Waals surface area contributed by atoms with Crippen molar-refractivity contribution in [3.8, 4) is 11.5 Å². The lowest BCUT2D eigenvalue weighted by molar-refractivity contribution is 0.101. The molecule has 1 aromatic carbocycles. The summed E-state index contributed by atoms with van der Waals surface area (Å²) in [6.45, 7) is 5.23. The summed E-state index contributed by atoms with van der Waals surface area (Å²) in [5.74, 6) is 0.694. The predicted molar refractivity (Wildman–Crippen MR) is 124 cm³/mol. The quantitative estimate of drug-likeness (QED) is 0.272. The number of hydrogen-bond donors (Lipinski definition) is 2. The lowest BCUT2D eigenvalue weighted by Gasteiger charge is -2.15. The van der Waals surface area contributed by atoms with E-state index in [1.54, 1.807) is 30.6 Å². The molecular weight excluding hydrogens is 436 g/mol. The summed E-state index contributed by atoms with van der Waals surface area (Å²) in [5, 5.41) is 24.3. The van der Waals surface area contributed by atoms with Crippen molar-refractivity contribution >= 4 is 11.4 Å². The Bertz CT molecular complexity index is 1390. The van der Waals surface area contributed by atoms with Gasteiger partial charge in [0.15, 0.2) is 11.6 Å². The number of benzene rings is 1. The van der Waals surface area contributed by atoms with Gasteiger partial charge in [-0.05, 0) is 44.4 Å². The lowest BCUT2D eigenvalue weighted by atomic mass is 10.0. The van der Waals surface area contributed by atoms with E-state index in [1.165, 1.54) is 17.4 Å². The number of aryl methyl sites for hydroxylation is 2. The topological polar surface area (TPSA) is 135 Å². The Kier molecular flexibility index (Phi) is 6.77. The number of nitrogens with one attached hydrogen (secondary N) is 1. The predicted octanol–water partition coefficient (Wildman–Crippen LogP) is 2.60. The number of H-pyrrole nitrogens is 1. The van der Waals surface area contributed by atoms with Crippen LogP contribution in [0.1, 0.15) is 46.2 Å². The molecule has 0 spiro atoms. The number of tetrazole rings is 1. The molecule has 0 aliphatic rings. The van der Waals surface area contributed by atoms with Crippen molar-refractivity contribution in [1.82, 2.24) is 30.0 Å². The number of ether oxygens (including phenoxy) is 1. The van der Waals surface area contributed by atoms with E-state index < -0.39 is 0 Å². The average molecular weight is 460 g/mol. The summed E-state index contributed by atoms with van der Waals surface area (Å²) in [6.07, 6.45) is 7.07. The highest BCUT2D eigenvalue weighted by atomic mass is 16.5. The molecule has 4 aromatic rings. The highest BCUT2D eigenvalue weighted by Crippen LogP contribution is 2.33. The maximum absolute atomic E-state index is 13.0. The van der Waals surface area contributed by atoms with Crippen LogP contribution in [-0.4, -0.2) is 40.9 Å². The van der Waals surface area contributed by atoms with Gasteiger partial charge in [0.25, 0.3) is 5.56 Å². The van der Waals surface area contributed by atoms with Crippen molar-refractivity contribution < 1.29 is 14.6 Å². The van der Waals surface area contributed by atoms with E-state index >= 15 is 0 Å². The molecule has 0 saturated heterocycles. The molecule has 0 saturated carbocycles. The van der Waals surface area contributed by atoms with Crippen LogP contribution in [0.4, 0.5) is 0 Å². The molecule has 2 N–H and O–H groups in total. The average Bonchev–Trinajstić information content (AvgIpc) is 3.34. The van der Waals surface area contributed by atoms with Crippen LogP contribution in [0.3, 0.4) is 0 Å². The Hall–Kier alpha value is -4.34. The number of pyridine rings is 1. The number of nitrogens with zero attached hydrogens (tertiary/aromatic N) is 5. The first kappa shape index (κ1) is 22.8. The van der Waals surface area contributed by atoms with Gasteiger partial charge >= 0.3 is 0 Å². The molecule has 3 heterocycles. The zero-order valence-electron chi connectivity index (χ0n) is 18.7. The van der Waals surface area contributed by atoms with E-state index in [9.17, 15) is 14.7 Å². The number of carbonyl (C=O) groups excluding carboxylic acids is 1. The van der Waals surface area contributed by atoms with Crippen molar-refractivity contribution in [2.24, 2.45) is 0 Å². The molecule has 0 amide bonds. The number of ketones is 1. The first-order chi connectivity index (χ1) is 16.5. The van der Waals surface area contributed by atoms with E-state index in [4.69, 9.17) is 4.74 Å². The molecule has 0 bridgehead atoms. The zero-order chi connectivity index (χ0) is 24.1. The molecule has 10 heteroatoms. The van der Waals surface area contributed by atoms with Gasteiger partial charge in [0, 0.05) is 35.5 Å². The number of aromatic nitrogens is 6. The fraction of sp³-hybridized carbons (Fsp3) is 0.250. The van der Waals surface area contributed by atoms with Crippen molar-refractivity contribution in [2.45, 2.75) is 39.2 Å². The Morgan fingerprint density at radius 3 is 2.85 bits per heavy atom. The van der Waals surface area contributed by atoms with Gasteiger partial charge in [-0.25, -0.2) is 4.98 Å². The van der Waals surface area contributed by atoms with Gasteiger partial charge in [-0.1, -0.05) is 17.4 Å². The molecule has 4 rings (SSSR count). The Labute approximate surface area is 194 Å². The SMILES string of the molecule is C=CCc1c(OCc2cccn3c(=O)c(CCCc4nn[nH]n4)cnc23)ccc(C(C)=O)c1O. The van der Waals surface area contributed by atoms with Crippen molar-refractivity contribution in [1.29, 1.82) is 0 Å². The minimum atomic E-state index is -0.236. The van der Waals surface area contributed by atoms with Gasteiger partial charge in [0.05, 0.1) is 5.56 Å². The standard InChI is InChI=1S/C24H24N6O4/c1-3-6-19-20(11-10-18(15(2)31)22(19)32)34-14-17-8-5-12-30-23(17)25-13-16(24(30)33)7-4-9-21-26-28-29-27-21/h3,5,8,10-13,32H,1,4,6-7,9,14H2,2H3,(H,26,27,28,29). The van der Waals surface area contributed by atoms with Crippen LogP contribution in [0, 0.1) is 0 Å². The zero-order valence-corrected chi connectivity index (χ0v) is 18.7. The lowest BCUT2D eigenvalue weighted by Crippen LogP contribution is -2.20. The van der Waals surface area contributed by atoms with E-state index in [0.717, 1.165) is 0 Å². The highest BCUT2D eigenvalue weighted by Gasteiger charge is 2.16. The Morgan fingerprint density at radius 1 is 1.26 bits per heavy atom. The van der Waals surface area contributed by atoms with Crippen LogP contribution in [0.15, 0.2) is 54.1 Å². The number of allylic oxidation sites excluding steroid dienone is 1. The van der Waals surface area contributed by atoms with Gasteiger partial charge in [-0.3, -0.25) is 14.0 Å². The number of phenols is 1. The van der Waals surface area contributed by atoms with Crippen LogP contribution >= 0.6 is 0 Å². The fourth-order valence-corrected chi connectivity index (χ4v) is 3.75. The highest BCUT2D eigenvalue weighted by molar-refractivity contribution is 5.97. The van der Waals surface area contributed by atoms with Crippen LogP contribution < -0.4 is 10.3 Å².